The average Bonchev–Trinajstić information content (AvgIpc) is 2.96. The van der Waals surface area contributed by atoms with E-state index < -0.39 is 5.60 Å². The first-order valence-electron chi connectivity index (χ1n) is 10.4. The smallest absolute Gasteiger partial charge is 0.335 e. The van der Waals surface area contributed by atoms with Crippen LogP contribution in [-0.4, -0.2) is 61.6 Å². The number of carbonyl (C=O) groups is 2. The van der Waals surface area contributed by atoms with Gasteiger partial charge in [0.25, 0.3) is 5.91 Å². The summed E-state index contributed by atoms with van der Waals surface area (Å²) in [5.41, 5.74) is 1.22. The summed E-state index contributed by atoms with van der Waals surface area (Å²) in [7, 11) is 0. The molecule has 0 atom stereocenters. The first-order chi connectivity index (χ1) is 13.9. The second-order valence-electron chi connectivity index (χ2n) is 7.70. The SMILES string of the molecule is CCN1CCC2(CC1)OC(=O)C(C)=C2C(=O)NCCNCCc1ccc(F)cc1. The van der Waals surface area contributed by atoms with E-state index in [-0.39, 0.29) is 17.7 Å². The number of nitrogens with one attached hydrogen (secondary N) is 2. The Labute approximate surface area is 171 Å². The third-order valence-electron chi connectivity index (χ3n) is 5.85. The zero-order valence-corrected chi connectivity index (χ0v) is 17.2. The molecule has 0 radical (unpaired) electrons. The third-order valence-corrected chi connectivity index (χ3v) is 5.85. The quantitative estimate of drug-likeness (QED) is 0.512. The Balaban J connectivity index is 1.46. The molecule has 2 aliphatic rings. The van der Waals surface area contributed by atoms with Crippen molar-refractivity contribution in [2.45, 2.75) is 38.7 Å². The molecule has 0 bridgehead atoms. The van der Waals surface area contributed by atoms with E-state index in [1.807, 2.05) is 0 Å². The van der Waals surface area contributed by atoms with Crippen molar-refractivity contribution in [2.24, 2.45) is 0 Å². The maximum atomic E-state index is 12.9. The van der Waals surface area contributed by atoms with Crippen LogP contribution in [0.25, 0.3) is 0 Å². The first-order valence-corrected chi connectivity index (χ1v) is 10.4. The molecule has 1 spiro atoms. The van der Waals surface area contributed by atoms with E-state index in [9.17, 15) is 14.0 Å². The van der Waals surface area contributed by atoms with Crippen molar-refractivity contribution in [3.63, 3.8) is 0 Å². The predicted molar refractivity (Wildman–Crippen MR) is 109 cm³/mol. The molecule has 1 amide bonds. The van der Waals surface area contributed by atoms with Crippen LogP contribution in [0.4, 0.5) is 4.39 Å². The molecule has 1 aromatic rings. The van der Waals surface area contributed by atoms with Crippen LogP contribution in [0.2, 0.25) is 0 Å². The number of esters is 1. The molecule has 1 saturated heterocycles. The van der Waals surface area contributed by atoms with Crippen molar-refractivity contribution in [2.75, 3.05) is 39.3 Å². The molecule has 0 aliphatic carbocycles. The normalized spacial score (nSPS) is 18.9. The molecular formula is C22H30FN3O3. The average molecular weight is 403 g/mol. The van der Waals surface area contributed by atoms with Gasteiger partial charge in [0.2, 0.25) is 0 Å². The van der Waals surface area contributed by atoms with Gasteiger partial charge in [-0.3, -0.25) is 4.79 Å². The van der Waals surface area contributed by atoms with Gasteiger partial charge in [0, 0.05) is 44.6 Å². The molecule has 29 heavy (non-hydrogen) atoms. The third kappa shape index (κ3) is 5.03. The summed E-state index contributed by atoms with van der Waals surface area (Å²) < 4.78 is 18.6. The van der Waals surface area contributed by atoms with Crippen molar-refractivity contribution >= 4 is 11.9 Å². The molecule has 0 unspecified atom stereocenters. The summed E-state index contributed by atoms with van der Waals surface area (Å²) in [6, 6.07) is 6.46. The van der Waals surface area contributed by atoms with Gasteiger partial charge >= 0.3 is 5.97 Å². The number of rotatable bonds is 8. The van der Waals surface area contributed by atoms with Crippen LogP contribution in [0.3, 0.4) is 0 Å². The highest BCUT2D eigenvalue weighted by Gasteiger charge is 2.50. The number of amides is 1. The van der Waals surface area contributed by atoms with E-state index in [1.54, 1.807) is 19.1 Å². The summed E-state index contributed by atoms with van der Waals surface area (Å²) in [6.45, 7) is 8.20. The van der Waals surface area contributed by atoms with E-state index in [2.05, 4.69) is 22.5 Å². The zero-order valence-electron chi connectivity index (χ0n) is 17.2. The minimum Gasteiger partial charge on any atom is -0.450 e. The molecule has 0 saturated carbocycles. The summed E-state index contributed by atoms with van der Waals surface area (Å²) in [6.07, 6.45) is 2.10. The number of hydrogen-bond acceptors (Lipinski definition) is 5. The minimum atomic E-state index is -0.771. The van der Waals surface area contributed by atoms with Gasteiger partial charge in [-0.05, 0) is 44.1 Å². The maximum absolute atomic E-state index is 12.9. The van der Waals surface area contributed by atoms with E-state index in [4.69, 9.17) is 4.74 Å². The lowest BCUT2D eigenvalue weighted by Crippen LogP contribution is -2.49. The van der Waals surface area contributed by atoms with Crippen molar-refractivity contribution in [1.29, 1.82) is 0 Å². The van der Waals surface area contributed by atoms with Crippen molar-refractivity contribution < 1.29 is 18.7 Å². The number of likely N-dealkylation sites (tertiary alicyclic amines) is 1. The number of ether oxygens (including phenoxy) is 1. The summed E-state index contributed by atoms with van der Waals surface area (Å²) in [4.78, 5) is 27.3. The van der Waals surface area contributed by atoms with Crippen molar-refractivity contribution in [3.05, 3.63) is 46.8 Å². The highest BCUT2D eigenvalue weighted by molar-refractivity contribution is 6.07. The van der Waals surface area contributed by atoms with Crippen LogP contribution >= 0.6 is 0 Å². The van der Waals surface area contributed by atoms with E-state index in [1.165, 1.54) is 12.1 Å². The highest BCUT2D eigenvalue weighted by atomic mass is 19.1. The van der Waals surface area contributed by atoms with Gasteiger partial charge in [0.1, 0.15) is 11.4 Å². The van der Waals surface area contributed by atoms with Crippen LogP contribution in [0, 0.1) is 5.82 Å². The molecule has 2 aliphatic heterocycles. The van der Waals surface area contributed by atoms with Crippen LogP contribution in [-0.2, 0) is 20.7 Å². The lowest BCUT2D eigenvalue weighted by atomic mass is 9.82. The Kier molecular flexibility index (Phi) is 7.03. The standard InChI is InChI=1S/C22H30FN3O3/c1-3-26-14-9-22(10-15-26)19(16(2)21(28)29-22)20(27)25-13-12-24-11-8-17-4-6-18(23)7-5-17/h4-7,24H,3,8-15H2,1-2H3,(H,25,27). The van der Waals surface area contributed by atoms with Gasteiger partial charge in [-0.2, -0.15) is 0 Å². The molecule has 2 heterocycles. The minimum absolute atomic E-state index is 0.210. The fraction of sp³-hybridized carbons (Fsp3) is 0.545. The van der Waals surface area contributed by atoms with Crippen LogP contribution in [0.5, 0.6) is 0 Å². The topological polar surface area (TPSA) is 70.7 Å². The molecule has 0 aromatic heterocycles. The fourth-order valence-electron chi connectivity index (χ4n) is 4.07. The van der Waals surface area contributed by atoms with Crippen molar-refractivity contribution in [3.8, 4) is 0 Å². The molecule has 3 rings (SSSR count). The number of benzene rings is 1. The van der Waals surface area contributed by atoms with Crippen LogP contribution in [0.1, 0.15) is 32.3 Å². The summed E-state index contributed by atoms with van der Waals surface area (Å²) in [5.74, 6) is -0.822. The van der Waals surface area contributed by atoms with E-state index in [0.717, 1.165) is 38.2 Å². The monoisotopic (exact) mass is 403 g/mol. The summed E-state index contributed by atoms with van der Waals surface area (Å²) in [5, 5.41) is 6.19. The molecular weight excluding hydrogens is 373 g/mol. The molecule has 7 heteroatoms. The number of nitrogens with zero attached hydrogens (tertiary/aromatic N) is 1. The number of piperidine rings is 1. The van der Waals surface area contributed by atoms with E-state index in [0.29, 0.717) is 37.1 Å². The van der Waals surface area contributed by atoms with Gasteiger partial charge in [0.15, 0.2) is 0 Å². The fourth-order valence-corrected chi connectivity index (χ4v) is 4.07. The Hall–Kier alpha value is -2.25. The number of halogens is 1. The molecule has 6 nitrogen and oxygen atoms in total. The number of carbonyl (C=O) groups excluding carboxylic acids is 2. The number of hydrogen-bond donors (Lipinski definition) is 2. The molecule has 2 N–H and O–H groups in total. The highest BCUT2D eigenvalue weighted by Crippen LogP contribution is 2.40. The largest absolute Gasteiger partial charge is 0.450 e. The Bertz CT molecular complexity index is 768. The molecule has 1 fully saturated rings. The van der Waals surface area contributed by atoms with Crippen molar-refractivity contribution in [1.82, 2.24) is 15.5 Å². The molecule has 158 valence electrons. The van der Waals surface area contributed by atoms with Crippen LogP contribution in [0.15, 0.2) is 35.4 Å². The van der Waals surface area contributed by atoms with Gasteiger partial charge in [-0.15, -0.1) is 0 Å². The lowest BCUT2D eigenvalue weighted by Gasteiger charge is -2.39. The summed E-state index contributed by atoms with van der Waals surface area (Å²) >= 11 is 0. The lowest BCUT2D eigenvalue weighted by molar-refractivity contribution is -0.150. The predicted octanol–water partition coefficient (Wildman–Crippen LogP) is 1.80. The maximum Gasteiger partial charge on any atom is 0.335 e. The Morgan fingerprint density at radius 2 is 1.86 bits per heavy atom. The Morgan fingerprint density at radius 3 is 2.52 bits per heavy atom. The Morgan fingerprint density at radius 1 is 1.17 bits per heavy atom. The van der Waals surface area contributed by atoms with Gasteiger partial charge in [-0.25, -0.2) is 9.18 Å². The van der Waals surface area contributed by atoms with Gasteiger partial charge in [0.05, 0.1) is 5.57 Å². The second kappa shape index (κ2) is 9.50. The zero-order chi connectivity index (χ0) is 20.9. The van der Waals surface area contributed by atoms with Gasteiger partial charge < -0.3 is 20.3 Å². The van der Waals surface area contributed by atoms with Gasteiger partial charge in [-0.1, -0.05) is 19.1 Å². The second-order valence-corrected chi connectivity index (χ2v) is 7.70. The first kappa shape index (κ1) is 21.5. The molecule has 1 aromatic carbocycles. The van der Waals surface area contributed by atoms with Crippen LogP contribution < -0.4 is 10.6 Å². The van der Waals surface area contributed by atoms with E-state index >= 15 is 0 Å².